The van der Waals surface area contributed by atoms with E-state index < -0.39 is 0 Å². The summed E-state index contributed by atoms with van der Waals surface area (Å²) in [7, 11) is 0. The third-order valence-corrected chi connectivity index (χ3v) is 6.56. The molecule has 2 aromatic carbocycles. The van der Waals surface area contributed by atoms with E-state index >= 15 is 0 Å². The molecule has 3 heterocycles. The van der Waals surface area contributed by atoms with Crippen LogP contribution in [0.15, 0.2) is 48.5 Å². The number of piperidine rings is 1. The Labute approximate surface area is 211 Å². The van der Waals surface area contributed by atoms with Crippen LogP contribution in [-0.4, -0.2) is 44.3 Å². The lowest BCUT2D eigenvalue weighted by molar-refractivity contribution is 0.0983. The van der Waals surface area contributed by atoms with E-state index in [1.54, 1.807) is 0 Å². The predicted molar refractivity (Wildman–Crippen MR) is 141 cm³/mol. The molecule has 0 amide bonds. The molecule has 1 saturated heterocycles. The number of nitrogens with zero attached hydrogens (tertiary/aromatic N) is 4. The van der Waals surface area contributed by atoms with Crippen molar-refractivity contribution in [2.75, 3.05) is 19.6 Å². The molecule has 1 aliphatic heterocycles. The van der Waals surface area contributed by atoms with Gasteiger partial charge in [0.05, 0.1) is 11.0 Å². The lowest BCUT2D eigenvalue weighted by atomic mass is 10.1. The fourth-order valence-electron chi connectivity index (χ4n) is 4.69. The smallest absolute Gasteiger partial charge is 0.216 e. The van der Waals surface area contributed by atoms with Crippen molar-refractivity contribution in [2.45, 2.75) is 39.2 Å². The van der Waals surface area contributed by atoms with E-state index in [4.69, 9.17) is 16.6 Å². The number of carbonyl (C=O) groups excluding carboxylic acids is 1. The van der Waals surface area contributed by atoms with Gasteiger partial charge in [-0.3, -0.25) is 9.20 Å². The highest BCUT2D eigenvalue weighted by atomic mass is 35.5. The lowest BCUT2D eigenvalue weighted by Gasteiger charge is -2.26. The number of carbonyl (C=O) groups is 1. The van der Waals surface area contributed by atoms with Crippen LogP contribution in [0.5, 0.6) is 0 Å². The SMILES string of the molecule is CCC(=O)c1c(-c2ccc(Cl)cc2)nc2n(CCN3CCCCC3)c3ccccc3n12.Cl.Cl. The van der Waals surface area contributed by atoms with Crippen molar-refractivity contribution in [1.29, 1.82) is 0 Å². The zero-order chi connectivity index (χ0) is 21.4. The summed E-state index contributed by atoms with van der Waals surface area (Å²) in [6.45, 7) is 6.09. The van der Waals surface area contributed by atoms with Gasteiger partial charge in [0.15, 0.2) is 5.78 Å². The first-order valence-corrected chi connectivity index (χ1v) is 11.6. The van der Waals surface area contributed by atoms with Gasteiger partial charge in [0, 0.05) is 30.1 Å². The Morgan fingerprint density at radius 1 is 0.939 bits per heavy atom. The monoisotopic (exact) mass is 506 g/mol. The molecule has 0 saturated carbocycles. The quantitative estimate of drug-likeness (QED) is 0.279. The first-order chi connectivity index (χ1) is 15.2. The first kappa shape index (κ1) is 25.6. The first-order valence-electron chi connectivity index (χ1n) is 11.2. The summed E-state index contributed by atoms with van der Waals surface area (Å²) < 4.78 is 4.33. The minimum Gasteiger partial charge on any atom is -0.308 e. The molecular weight excluding hydrogens is 479 g/mol. The number of hydrogen-bond donors (Lipinski definition) is 0. The molecule has 0 unspecified atom stereocenters. The summed E-state index contributed by atoms with van der Waals surface area (Å²) in [5.41, 5.74) is 4.45. The minimum absolute atomic E-state index is 0. The van der Waals surface area contributed by atoms with Gasteiger partial charge in [-0.05, 0) is 50.2 Å². The number of benzene rings is 2. The molecule has 5 nitrogen and oxygen atoms in total. The molecule has 176 valence electrons. The second-order valence-electron chi connectivity index (χ2n) is 8.27. The number of fused-ring (bicyclic) bond motifs is 3. The molecule has 4 aromatic rings. The summed E-state index contributed by atoms with van der Waals surface area (Å²) >= 11 is 6.10. The van der Waals surface area contributed by atoms with E-state index in [-0.39, 0.29) is 30.6 Å². The Balaban J connectivity index is 0.00000153. The molecule has 8 heteroatoms. The number of rotatable bonds is 6. The minimum atomic E-state index is 0. The maximum atomic E-state index is 13.1. The zero-order valence-electron chi connectivity index (χ0n) is 18.7. The van der Waals surface area contributed by atoms with E-state index in [2.05, 4.69) is 32.1 Å². The normalized spacial score (nSPS) is 14.2. The van der Waals surface area contributed by atoms with Crippen LogP contribution in [-0.2, 0) is 6.54 Å². The molecule has 1 aliphatic rings. The summed E-state index contributed by atoms with van der Waals surface area (Å²) in [5.74, 6) is 0.927. The van der Waals surface area contributed by atoms with Gasteiger partial charge >= 0.3 is 0 Å². The topological polar surface area (TPSA) is 42.5 Å². The van der Waals surface area contributed by atoms with E-state index in [9.17, 15) is 4.79 Å². The molecule has 0 aliphatic carbocycles. The number of imidazole rings is 2. The Hall–Kier alpha value is -2.05. The molecule has 2 aromatic heterocycles. The average molecular weight is 508 g/mol. The molecule has 33 heavy (non-hydrogen) atoms. The number of hydrogen-bond acceptors (Lipinski definition) is 3. The fourth-order valence-corrected chi connectivity index (χ4v) is 4.81. The van der Waals surface area contributed by atoms with Crippen LogP contribution in [0.3, 0.4) is 0 Å². The standard InChI is InChI=1S/C25H27ClN4O.2ClH/c1-2-22(31)24-23(18-10-12-19(26)13-11-18)27-25-29(17-16-28-14-6-3-7-15-28)20-8-4-5-9-21(20)30(24)25;;/h4-5,8-13H,2-3,6-7,14-17H2,1H3;2*1H. The van der Waals surface area contributed by atoms with Crippen LogP contribution in [0.2, 0.25) is 5.02 Å². The highest BCUT2D eigenvalue weighted by molar-refractivity contribution is 6.30. The third-order valence-electron chi connectivity index (χ3n) is 6.31. The molecule has 0 N–H and O–H groups in total. The number of halogens is 3. The number of para-hydroxylation sites is 2. The van der Waals surface area contributed by atoms with Crippen molar-refractivity contribution in [3.63, 3.8) is 0 Å². The van der Waals surface area contributed by atoms with Gasteiger partial charge in [-0.2, -0.15) is 0 Å². The van der Waals surface area contributed by atoms with Crippen molar-refractivity contribution in [1.82, 2.24) is 18.9 Å². The molecule has 0 radical (unpaired) electrons. The van der Waals surface area contributed by atoms with E-state index in [0.717, 1.165) is 41.2 Å². The molecule has 1 fully saturated rings. The van der Waals surface area contributed by atoms with Crippen molar-refractivity contribution in [2.24, 2.45) is 0 Å². The van der Waals surface area contributed by atoms with Crippen LogP contribution in [0.1, 0.15) is 43.1 Å². The number of Topliss-reactive ketones (excluding diaryl/α,β-unsaturated/α-hetero) is 1. The van der Waals surface area contributed by atoms with Crippen LogP contribution >= 0.6 is 36.4 Å². The molecule has 5 rings (SSSR count). The number of ketones is 1. The van der Waals surface area contributed by atoms with Gasteiger partial charge in [-0.15, -0.1) is 24.8 Å². The zero-order valence-corrected chi connectivity index (χ0v) is 21.1. The number of aromatic nitrogens is 3. The lowest BCUT2D eigenvalue weighted by Crippen LogP contribution is -2.32. The van der Waals surface area contributed by atoms with Gasteiger partial charge in [-0.1, -0.05) is 49.2 Å². The van der Waals surface area contributed by atoms with Gasteiger partial charge in [0.1, 0.15) is 11.4 Å². The van der Waals surface area contributed by atoms with Crippen LogP contribution in [0.4, 0.5) is 0 Å². The van der Waals surface area contributed by atoms with Crippen molar-refractivity contribution < 1.29 is 4.79 Å². The van der Waals surface area contributed by atoms with Crippen molar-refractivity contribution in [3.05, 3.63) is 59.2 Å². The summed E-state index contributed by atoms with van der Waals surface area (Å²) in [5, 5.41) is 0.673. The third kappa shape index (κ3) is 4.78. The van der Waals surface area contributed by atoms with Crippen LogP contribution in [0.25, 0.3) is 28.1 Å². The Kier molecular flexibility index (Phi) is 8.46. The predicted octanol–water partition coefficient (Wildman–Crippen LogP) is 6.53. The van der Waals surface area contributed by atoms with Gasteiger partial charge in [0.2, 0.25) is 5.78 Å². The van der Waals surface area contributed by atoms with Crippen molar-refractivity contribution >= 4 is 59.0 Å². The molecule has 0 atom stereocenters. The van der Waals surface area contributed by atoms with Gasteiger partial charge in [0.25, 0.3) is 0 Å². The average Bonchev–Trinajstić information content (AvgIpc) is 3.33. The van der Waals surface area contributed by atoms with Crippen LogP contribution < -0.4 is 0 Å². The van der Waals surface area contributed by atoms with Gasteiger partial charge in [-0.25, -0.2) is 4.98 Å². The maximum Gasteiger partial charge on any atom is 0.216 e. The highest BCUT2D eigenvalue weighted by Crippen LogP contribution is 2.31. The molecule has 0 bridgehead atoms. The Morgan fingerprint density at radius 3 is 2.27 bits per heavy atom. The van der Waals surface area contributed by atoms with Crippen LogP contribution in [0, 0.1) is 0 Å². The Morgan fingerprint density at radius 2 is 1.61 bits per heavy atom. The number of likely N-dealkylation sites (tertiary alicyclic amines) is 1. The largest absolute Gasteiger partial charge is 0.308 e. The fraction of sp³-hybridized carbons (Fsp3) is 0.360. The molecule has 0 spiro atoms. The van der Waals surface area contributed by atoms with E-state index in [1.807, 2.05) is 37.3 Å². The second kappa shape index (κ2) is 10.9. The molecular formula is C25H29Cl3N4O. The maximum absolute atomic E-state index is 13.1. The summed E-state index contributed by atoms with van der Waals surface area (Å²) in [6, 6.07) is 15.9. The Bertz CT molecular complexity index is 1240. The van der Waals surface area contributed by atoms with Crippen molar-refractivity contribution in [3.8, 4) is 11.3 Å². The summed E-state index contributed by atoms with van der Waals surface area (Å²) in [4.78, 5) is 20.7. The second-order valence-corrected chi connectivity index (χ2v) is 8.71. The van der Waals surface area contributed by atoms with E-state index in [0.29, 0.717) is 17.1 Å². The van der Waals surface area contributed by atoms with E-state index in [1.165, 1.54) is 32.4 Å². The summed E-state index contributed by atoms with van der Waals surface area (Å²) in [6.07, 6.45) is 4.32. The van der Waals surface area contributed by atoms with Gasteiger partial charge < -0.3 is 9.47 Å². The highest BCUT2D eigenvalue weighted by Gasteiger charge is 2.25.